The van der Waals surface area contributed by atoms with Crippen LogP contribution in [0, 0.1) is 5.41 Å². The number of nitrogens with zero attached hydrogens (tertiary/aromatic N) is 2. The van der Waals surface area contributed by atoms with Crippen LogP contribution in [0.15, 0.2) is 16.4 Å². The molecule has 0 unspecified atom stereocenters. The zero-order valence-electron chi connectivity index (χ0n) is 17.3. The molecule has 2 N–H and O–H groups in total. The van der Waals surface area contributed by atoms with Crippen molar-refractivity contribution in [3.05, 3.63) is 21.9 Å². The first-order valence-corrected chi connectivity index (χ1v) is 11.4. The van der Waals surface area contributed by atoms with Gasteiger partial charge in [-0.05, 0) is 55.0 Å². The molecule has 1 aromatic rings. The third-order valence-electron chi connectivity index (χ3n) is 6.07. The summed E-state index contributed by atoms with van der Waals surface area (Å²) in [5.74, 6) is 0.844. The van der Waals surface area contributed by atoms with E-state index in [2.05, 4.69) is 27.1 Å². The normalized spacial score (nSPS) is 18.8. The number of fused-ring (bicyclic) bond motifs is 1. The van der Waals surface area contributed by atoms with Crippen LogP contribution in [0.5, 0.6) is 0 Å². The van der Waals surface area contributed by atoms with Gasteiger partial charge in [0.25, 0.3) is 0 Å². The summed E-state index contributed by atoms with van der Waals surface area (Å²) in [6, 6.07) is 2.14. The highest BCUT2D eigenvalue weighted by atomic mass is 32.1. The van der Waals surface area contributed by atoms with Crippen molar-refractivity contribution in [2.24, 2.45) is 10.4 Å². The Hall–Kier alpha value is -1.60. The Balaban J connectivity index is 1.44. The number of thiophene rings is 1. The highest BCUT2D eigenvalue weighted by Gasteiger charge is 2.33. The lowest BCUT2D eigenvalue weighted by Gasteiger charge is -2.30. The molecule has 0 radical (unpaired) electrons. The first-order chi connectivity index (χ1) is 13.7. The number of hydrogen-bond acceptors (Lipinski definition) is 4. The fourth-order valence-electron chi connectivity index (χ4n) is 4.30. The van der Waals surface area contributed by atoms with Gasteiger partial charge in [-0.3, -0.25) is 9.79 Å². The first-order valence-electron chi connectivity index (χ1n) is 10.5. The molecule has 28 heavy (non-hydrogen) atoms. The maximum atomic E-state index is 12.6. The third-order valence-corrected chi connectivity index (χ3v) is 7.09. The fourth-order valence-corrected chi connectivity index (χ4v) is 5.19. The van der Waals surface area contributed by atoms with Crippen molar-refractivity contribution in [1.82, 2.24) is 15.5 Å². The second-order valence-corrected chi connectivity index (χ2v) is 8.87. The van der Waals surface area contributed by atoms with Crippen LogP contribution in [0.4, 0.5) is 0 Å². The Morgan fingerprint density at radius 1 is 1.36 bits per heavy atom. The van der Waals surface area contributed by atoms with Crippen LogP contribution < -0.4 is 10.6 Å². The number of guanidine groups is 1. The van der Waals surface area contributed by atoms with Crippen molar-refractivity contribution < 1.29 is 9.53 Å². The Morgan fingerprint density at radius 3 is 2.93 bits per heavy atom. The summed E-state index contributed by atoms with van der Waals surface area (Å²) in [6.45, 7) is 6.35. The van der Waals surface area contributed by atoms with Gasteiger partial charge in [0, 0.05) is 44.8 Å². The summed E-state index contributed by atoms with van der Waals surface area (Å²) in [5.41, 5.74) is 1.59. The monoisotopic (exact) mass is 406 g/mol. The van der Waals surface area contributed by atoms with Gasteiger partial charge in [-0.2, -0.15) is 0 Å². The Kier molecular flexibility index (Phi) is 7.73. The second kappa shape index (κ2) is 10.3. The zero-order chi connectivity index (χ0) is 19.8. The second-order valence-electron chi connectivity index (χ2n) is 7.87. The molecular formula is C21H34N4O2S. The number of carbonyl (C=O) groups excluding carboxylic acids is 1. The van der Waals surface area contributed by atoms with Gasteiger partial charge in [0.2, 0.25) is 5.91 Å². The molecule has 1 aliphatic carbocycles. The summed E-state index contributed by atoms with van der Waals surface area (Å²) >= 11 is 1.79. The molecule has 1 saturated carbocycles. The summed E-state index contributed by atoms with van der Waals surface area (Å²) in [5, 5.41) is 8.79. The van der Waals surface area contributed by atoms with Gasteiger partial charge in [-0.15, -0.1) is 11.3 Å². The third kappa shape index (κ3) is 5.47. The van der Waals surface area contributed by atoms with Crippen LogP contribution in [0.25, 0.3) is 0 Å². The number of aliphatic imine (C=N–C) groups is 1. The highest BCUT2D eigenvalue weighted by Crippen LogP contribution is 2.40. The summed E-state index contributed by atoms with van der Waals surface area (Å²) < 4.78 is 5.60. The lowest BCUT2D eigenvalue weighted by Crippen LogP contribution is -2.48. The van der Waals surface area contributed by atoms with Gasteiger partial charge in [0.05, 0.1) is 6.54 Å². The summed E-state index contributed by atoms with van der Waals surface area (Å²) in [4.78, 5) is 20.3. The van der Waals surface area contributed by atoms with E-state index < -0.39 is 0 Å². The fraction of sp³-hybridized carbons (Fsp3) is 0.714. The molecule has 6 nitrogen and oxygen atoms in total. The van der Waals surface area contributed by atoms with Gasteiger partial charge in [-0.25, -0.2) is 0 Å². The van der Waals surface area contributed by atoms with E-state index in [1.54, 1.807) is 18.4 Å². The highest BCUT2D eigenvalue weighted by molar-refractivity contribution is 7.10. The van der Waals surface area contributed by atoms with Crippen LogP contribution in [-0.4, -0.2) is 56.7 Å². The van der Waals surface area contributed by atoms with Crippen LogP contribution >= 0.6 is 11.3 Å². The van der Waals surface area contributed by atoms with Crippen molar-refractivity contribution >= 4 is 23.2 Å². The Bertz CT molecular complexity index is 667. The van der Waals surface area contributed by atoms with E-state index in [1.807, 2.05) is 11.8 Å². The van der Waals surface area contributed by atoms with E-state index in [0.29, 0.717) is 11.4 Å². The minimum Gasteiger partial charge on any atom is -0.382 e. The Morgan fingerprint density at radius 2 is 2.18 bits per heavy atom. The average molecular weight is 407 g/mol. The number of rotatable bonds is 8. The van der Waals surface area contributed by atoms with E-state index in [4.69, 9.17) is 4.74 Å². The number of ether oxygens (including phenoxy) is 1. The topological polar surface area (TPSA) is 66.0 Å². The van der Waals surface area contributed by atoms with E-state index in [0.717, 1.165) is 45.7 Å². The SMILES string of the molecule is CCOCCC1(CNC(=NC)NCC(=O)N2CCc3sccc3C2)CCCC1. The van der Waals surface area contributed by atoms with Gasteiger partial charge in [-0.1, -0.05) is 12.8 Å². The van der Waals surface area contributed by atoms with E-state index in [-0.39, 0.29) is 12.5 Å². The molecule has 7 heteroatoms. The predicted molar refractivity (Wildman–Crippen MR) is 115 cm³/mol. The number of carbonyl (C=O) groups is 1. The average Bonchev–Trinajstić information content (AvgIpc) is 3.37. The maximum absolute atomic E-state index is 12.6. The molecule has 0 atom stereocenters. The zero-order valence-corrected chi connectivity index (χ0v) is 18.1. The Labute approximate surface area is 172 Å². The number of amides is 1. The molecule has 1 fully saturated rings. The lowest BCUT2D eigenvalue weighted by molar-refractivity contribution is -0.130. The number of hydrogen-bond donors (Lipinski definition) is 2. The van der Waals surface area contributed by atoms with E-state index >= 15 is 0 Å². The molecule has 2 heterocycles. The van der Waals surface area contributed by atoms with Crippen LogP contribution in [-0.2, 0) is 22.5 Å². The van der Waals surface area contributed by atoms with Crippen molar-refractivity contribution in [3.63, 3.8) is 0 Å². The molecule has 156 valence electrons. The predicted octanol–water partition coefficient (Wildman–Crippen LogP) is 2.78. The first kappa shape index (κ1) is 21.1. The molecule has 2 aliphatic rings. The molecule has 0 spiro atoms. The van der Waals surface area contributed by atoms with Crippen molar-refractivity contribution in [2.75, 3.05) is 39.9 Å². The summed E-state index contributed by atoms with van der Waals surface area (Å²) in [7, 11) is 1.76. The van der Waals surface area contributed by atoms with Gasteiger partial charge >= 0.3 is 0 Å². The molecule has 1 aliphatic heterocycles. The molecule has 1 amide bonds. The van der Waals surface area contributed by atoms with Gasteiger partial charge < -0.3 is 20.3 Å². The van der Waals surface area contributed by atoms with Crippen molar-refractivity contribution in [2.45, 2.75) is 52.0 Å². The number of nitrogens with one attached hydrogen (secondary N) is 2. The molecule has 0 aromatic carbocycles. The van der Waals surface area contributed by atoms with E-state index in [1.165, 1.54) is 36.1 Å². The molecule has 0 bridgehead atoms. The minimum atomic E-state index is 0.131. The molecule has 1 aromatic heterocycles. The lowest BCUT2D eigenvalue weighted by atomic mass is 9.83. The minimum absolute atomic E-state index is 0.131. The molecule has 3 rings (SSSR count). The smallest absolute Gasteiger partial charge is 0.242 e. The largest absolute Gasteiger partial charge is 0.382 e. The van der Waals surface area contributed by atoms with Crippen LogP contribution in [0.1, 0.15) is 49.5 Å². The quantitative estimate of drug-likeness (QED) is 0.396. The molecular weight excluding hydrogens is 372 g/mol. The standard InChI is InChI=1S/C21H34N4O2S/c1-3-27-12-10-21(8-4-5-9-21)16-24-20(22-2)23-14-19(26)25-11-6-18-17(15-25)7-13-28-18/h7,13H,3-6,8-12,14-16H2,1-2H3,(H2,22,23,24). The van der Waals surface area contributed by atoms with Crippen molar-refractivity contribution in [1.29, 1.82) is 0 Å². The molecule has 0 saturated heterocycles. The van der Waals surface area contributed by atoms with E-state index in [9.17, 15) is 4.79 Å². The van der Waals surface area contributed by atoms with Crippen LogP contribution in [0.3, 0.4) is 0 Å². The van der Waals surface area contributed by atoms with Gasteiger partial charge in [0.15, 0.2) is 5.96 Å². The van der Waals surface area contributed by atoms with Crippen LogP contribution in [0.2, 0.25) is 0 Å². The van der Waals surface area contributed by atoms with Gasteiger partial charge in [0.1, 0.15) is 0 Å². The summed E-state index contributed by atoms with van der Waals surface area (Å²) in [6.07, 6.45) is 7.10. The van der Waals surface area contributed by atoms with Crippen molar-refractivity contribution in [3.8, 4) is 0 Å². The maximum Gasteiger partial charge on any atom is 0.242 e.